The molecule has 1 aromatic heterocycles. The van der Waals surface area contributed by atoms with E-state index in [9.17, 15) is 9.18 Å². The van der Waals surface area contributed by atoms with E-state index < -0.39 is 5.82 Å². The van der Waals surface area contributed by atoms with Crippen LogP contribution in [0.3, 0.4) is 0 Å². The van der Waals surface area contributed by atoms with E-state index in [-0.39, 0.29) is 17.7 Å². The Labute approximate surface area is 122 Å². The third-order valence-electron chi connectivity index (χ3n) is 3.10. The van der Waals surface area contributed by atoms with Crippen molar-refractivity contribution >= 4 is 0 Å². The van der Waals surface area contributed by atoms with Crippen LogP contribution >= 0.6 is 0 Å². The lowest BCUT2D eigenvalue weighted by molar-refractivity contribution is 0.305. The van der Waals surface area contributed by atoms with Crippen molar-refractivity contribution < 1.29 is 9.50 Å². The van der Waals surface area contributed by atoms with Gasteiger partial charge in [-0.25, -0.2) is 4.39 Å². The molecule has 0 aliphatic rings. The molecule has 0 aliphatic carbocycles. The summed E-state index contributed by atoms with van der Waals surface area (Å²) in [6, 6.07) is 9.70. The van der Waals surface area contributed by atoms with E-state index in [1.165, 1.54) is 12.1 Å². The van der Waals surface area contributed by atoms with Crippen LogP contribution in [0.1, 0.15) is 23.2 Å². The minimum absolute atomic E-state index is 0.0487. The maximum Gasteiger partial charge on any atom is 0.251 e. The Balaban J connectivity index is 2.32. The number of aromatic nitrogens is 1. The van der Waals surface area contributed by atoms with Crippen molar-refractivity contribution in [1.82, 2.24) is 4.57 Å². The summed E-state index contributed by atoms with van der Waals surface area (Å²) in [6.07, 6.45) is 0.306. The number of hydrogen-bond acceptors (Lipinski definition) is 2. The van der Waals surface area contributed by atoms with Gasteiger partial charge in [0.05, 0.1) is 18.7 Å². The normalized spacial score (nSPS) is 10.0. The number of nitrogens with zero attached hydrogens (tertiary/aromatic N) is 1. The number of benzene rings is 1. The van der Waals surface area contributed by atoms with Crippen LogP contribution in [0.4, 0.5) is 4.39 Å². The van der Waals surface area contributed by atoms with Gasteiger partial charge in [-0.2, -0.15) is 0 Å². The molecule has 0 atom stereocenters. The van der Waals surface area contributed by atoms with Crippen molar-refractivity contribution in [3.8, 4) is 11.8 Å². The fraction of sp³-hybridized carbons (Fsp3) is 0.235. The van der Waals surface area contributed by atoms with Crippen molar-refractivity contribution in [1.29, 1.82) is 0 Å². The molecular formula is C17H16FNO2. The van der Waals surface area contributed by atoms with E-state index in [0.29, 0.717) is 13.0 Å². The fourth-order valence-corrected chi connectivity index (χ4v) is 1.99. The van der Waals surface area contributed by atoms with E-state index in [4.69, 9.17) is 5.11 Å². The molecule has 0 saturated carbocycles. The molecule has 0 fully saturated rings. The highest BCUT2D eigenvalue weighted by Crippen LogP contribution is 2.11. The van der Waals surface area contributed by atoms with Crippen molar-refractivity contribution in [2.75, 3.05) is 6.61 Å². The molecule has 1 N–H and O–H groups in total. The van der Waals surface area contributed by atoms with E-state index in [0.717, 1.165) is 11.3 Å². The fourth-order valence-electron chi connectivity index (χ4n) is 1.99. The molecule has 1 aromatic carbocycles. The first kappa shape index (κ1) is 15.0. The van der Waals surface area contributed by atoms with Crippen molar-refractivity contribution in [3.05, 3.63) is 69.4 Å². The average molecular weight is 285 g/mol. The SMILES string of the molecule is Cc1cccc(=O)n1Cc1ccc(F)c(C#CCCO)c1. The van der Waals surface area contributed by atoms with Gasteiger partial charge < -0.3 is 9.67 Å². The van der Waals surface area contributed by atoms with Gasteiger partial charge in [-0.15, -0.1) is 0 Å². The van der Waals surface area contributed by atoms with Crippen LogP contribution in [0, 0.1) is 24.6 Å². The van der Waals surface area contributed by atoms with Crippen LogP contribution in [0.2, 0.25) is 0 Å². The lowest BCUT2D eigenvalue weighted by Gasteiger charge is -2.10. The van der Waals surface area contributed by atoms with Crippen LogP contribution < -0.4 is 5.56 Å². The Morgan fingerprint density at radius 1 is 1.29 bits per heavy atom. The summed E-state index contributed by atoms with van der Waals surface area (Å²) in [5.41, 5.74) is 1.84. The summed E-state index contributed by atoms with van der Waals surface area (Å²) < 4.78 is 15.3. The summed E-state index contributed by atoms with van der Waals surface area (Å²) in [5, 5.41) is 8.69. The van der Waals surface area contributed by atoms with Gasteiger partial charge in [-0.3, -0.25) is 4.79 Å². The molecule has 1 heterocycles. The largest absolute Gasteiger partial charge is 0.395 e. The van der Waals surface area contributed by atoms with E-state index in [1.807, 2.05) is 13.0 Å². The summed E-state index contributed by atoms with van der Waals surface area (Å²) in [4.78, 5) is 11.8. The first-order chi connectivity index (χ1) is 10.1. The quantitative estimate of drug-likeness (QED) is 0.877. The van der Waals surface area contributed by atoms with Crippen molar-refractivity contribution in [2.24, 2.45) is 0 Å². The number of pyridine rings is 1. The second kappa shape index (κ2) is 6.87. The maximum absolute atomic E-state index is 13.7. The average Bonchev–Trinajstić information content (AvgIpc) is 2.46. The van der Waals surface area contributed by atoms with Crippen LogP contribution in [0.5, 0.6) is 0 Å². The zero-order valence-corrected chi connectivity index (χ0v) is 11.8. The predicted molar refractivity (Wildman–Crippen MR) is 79.5 cm³/mol. The van der Waals surface area contributed by atoms with Crippen molar-refractivity contribution in [3.63, 3.8) is 0 Å². The molecule has 21 heavy (non-hydrogen) atoms. The molecule has 0 bridgehead atoms. The molecule has 0 aliphatic heterocycles. The molecule has 0 spiro atoms. The molecule has 0 radical (unpaired) electrons. The van der Waals surface area contributed by atoms with Gasteiger partial charge in [0.15, 0.2) is 0 Å². The van der Waals surface area contributed by atoms with Gasteiger partial charge in [-0.05, 0) is 30.7 Å². The third-order valence-corrected chi connectivity index (χ3v) is 3.10. The highest BCUT2D eigenvalue weighted by atomic mass is 19.1. The predicted octanol–water partition coefficient (Wildman–Crippen LogP) is 2.08. The second-order valence-electron chi connectivity index (χ2n) is 4.68. The lowest BCUT2D eigenvalue weighted by Crippen LogP contribution is -2.21. The van der Waals surface area contributed by atoms with Crippen LogP contribution in [0.15, 0.2) is 41.2 Å². The smallest absolute Gasteiger partial charge is 0.251 e. The summed E-state index contributed by atoms with van der Waals surface area (Å²) in [5.74, 6) is 4.99. The molecule has 3 nitrogen and oxygen atoms in total. The summed E-state index contributed by atoms with van der Waals surface area (Å²) in [6.45, 7) is 2.18. The Bertz CT molecular complexity index is 753. The minimum atomic E-state index is -0.402. The highest BCUT2D eigenvalue weighted by Gasteiger charge is 2.04. The van der Waals surface area contributed by atoms with E-state index in [2.05, 4.69) is 11.8 Å². The van der Waals surface area contributed by atoms with Crippen LogP contribution in [-0.2, 0) is 6.54 Å². The topological polar surface area (TPSA) is 42.2 Å². The van der Waals surface area contributed by atoms with Crippen LogP contribution in [0.25, 0.3) is 0 Å². The van der Waals surface area contributed by atoms with E-state index >= 15 is 0 Å². The molecule has 2 rings (SSSR count). The number of hydrogen-bond donors (Lipinski definition) is 1. The monoisotopic (exact) mass is 285 g/mol. The standard InChI is InChI=1S/C17H16FNO2/c1-13-5-4-7-17(21)19(13)12-14-8-9-16(18)15(11-14)6-2-3-10-20/h4-5,7-9,11,20H,3,10,12H2,1H3. The van der Waals surface area contributed by atoms with Crippen LogP contribution in [-0.4, -0.2) is 16.3 Å². The molecule has 0 amide bonds. The molecule has 0 saturated heterocycles. The first-order valence-corrected chi connectivity index (χ1v) is 6.66. The third kappa shape index (κ3) is 3.80. The zero-order valence-electron chi connectivity index (χ0n) is 11.8. The number of aliphatic hydroxyl groups excluding tert-OH is 1. The molecule has 2 aromatic rings. The summed E-state index contributed by atoms with van der Waals surface area (Å²) in [7, 11) is 0. The van der Waals surface area contributed by atoms with Gasteiger partial charge in [0.2, 0.25) is 0 Å². The van der Waals surface area contributed by atoms with Crippen molar-refractivity contribution in [2.45, 2.75) is 19.9 Å². The number of aliphatic hydroxyl groups is 1. The zero-order chi connectivity index (χ0) is 15.2. The Hall–Kier alpha value is -2.38. The highest BCUT2D eigenvalue weighted by molar-refractivity contribution is 5.38. The minimum Gasteiger partial charge on any atom is -0.395 e. The maximum atomic E-state index is 13.7. The van der Waals surface area contributed by atoms with Gasteiger partial charge in [0.25, 0.3) is 5.56 Å². The Morgan fingerprint density at radius 3 is 2.81 bits per heavy atom. The molecule has 4 heteroatoms. The molecule has 0 unspecified atom stereocenters. The first-order valence-electron chi connectivity index (χ1n) is 6.66. The summed E-state index contributed by atoms with van der Waals surface area (Å²) >= 11 is 0. The lowest BCUT2D eigenvalue weighted by atomic mass is 10.1. The molecule has 108 valence electrons. The Morgan fingerprint density at radius 2 is 2.10 bits per heavy atom. The number of aryl methyl sites for hydroxylation is 1. The van der Waals surface area contributed by atoms with Gasteiger partial charge in [0, 0.05) is 18.2 Å². The Kier molecular flexibility index (Phi) is 4.91. The number of rotatable bonds is 3. The number of halogens is 1. The van der Waals surface area contributed by atoms with E-state index in [1.54, 1.807) is 22.8 Å². The second-order valence-corrected chi connectivity index (χ2v) is 4.68. The van der Waals surface area contributed by atoms with Gasteiger partial charge in [-0.1, -0.05) is 24.0 Å². The molecular weight excluding hydrogens is 269 g/mol. The van der Waals surface area contributed by atoms with Gasteiger partial charge >= 0.3 is 0 Å². The van der Waals surface area contributed by atoms with Gasteiger partial charge in [0.1, 0.15) is 5.82 Å².